The Labute approximate surface area is 120 Å². The molecule has 2 aromatic heterocycles. The highest BCUT2D eigenvalue weighted by Gasteiger charge is 2.06. The first-order valence-electron chi connectivity index (χ1n) is 6.38. The van der Waals surface area contributed by atoms with E-state index in [2.05, 4.69) is 20.3 Å². The van der Waals surface area contributed by atoms with Crippen molar-refractivity contribution in [2.24, 2.45) is 0 Å². The van der Waals surface area contributed by atoms with Crippen molar-refractivity contribution in [1.82, 2.24) is 15.0 Å². The van der Waals surface area contributed by atoms with Gasteiger partial charge in [-0.3, -0.25) is 4.98 Å². The number of rotatable bonds is 5. The molecule has 1 aromatic carbocycles. The summed E-state index contributed by atoms with van der Waals surface area (Å²) < 4.78 is 5.64. The zero-order chi connectivity index (χ0) is 13.8. The molecule has 0 atom stereocenters. The lowest BCUT2D eigenvalue weighted by molar-refractivity contribution is 0.489. The van der Waals surface area contributed by atoms with Gasteiger partial charge in [0.25, 0.3) is 5.22 Å². The first kappa shape index (κ1) is 12.9. The number of aromatic nitrogens is 3. The third kappa shape index (κ3) is 2.91. The number of nitrogens with zero attached hydrogens (tertiary/aromatic N) is 3. The first-order valence-corrected chi connectivity index (χ1v) is 7.37. The monoisotopic (exact) mass is 286 g/mol. The largest absolute Gasteiger partial charge is 0.431 e. The minimum absolute atomic E-state index is 0.656. The van der Waals surface area contributed by atoms with Gasteiger partial charge in [-0.05, 0) is 19.1 Å². The number of anilines is 1. The number of benzene rings is 1. The van der Waals surface area contributed by atoms with Crippen molar-refractivity contribution in [3.8, 4) is 0 Å². The van der Waals surface area contributed by atoms with Crippen molar-refractivity contribution in [3.05, 3.63) is 42.4 Å². The van der Waals surface area contributed by atoms with Crippen molar-refractivity contribution in [3.63, 3.8) is 0 Å². The molecule has 0 radical (unpaired) electrons. The molecule has 1 N–H and O–H groups in total. The van der Waals surface area contributed by atoms with Crippen molar-refractivity contribution >= 4 is 28.7 Å². The molecule has 0 amide bonds. The highest BCUT2D eigenvalue weighted by Crippen LogP contribution is 2.25. The molecule has 2 heterocycles. The van der Waals surface area contributed by atoms with Crippen molar-refractivity contribution in [2.45, 2.75) is 17.9 Å². The van der Waals surface area contributed by atoms with Gasteiger partial charge in [0.15, 0.2) is 5.58 Å². The highest BCUT2D eigenvalue weighted by molar-refractivity contribution is 7.98. The fourth-order valence-electron chi connectivity index (χ4n) is 1.75. The zero-order valence-electron chi connectivity index (χ0n) is 11.0. The Morgan fingerprint density at radius 1 is 1.20 bits per heavy atom. The van der Waals surface area contributed by atoms with E-state index in [9.17, 15) is 0 Å². The number of para-hydroxylation sites is 2. The molecule has 0 spiro atoms. The molecule has 0 saturated carbocycles. The number of oxazole rings is 1. The topological polar surface area (TPSA) is 63.8 Å². The van der Waals surface area contributed by atoms with E-state index in [-0.39, 0.29) is 0 Å². The Hall–Kier alpha value is -2.08. The van der Waals surface area contributed by atoms with Gasteiger partial charge in [-0.25, -0.2) is 9.97 Å². The molecule has 0 saturated heterocycles. The van der Waals surface area contributed by atoms with E-state index in [0.717, 1.165) is 29.2 Å². The Morgan fingerprint density at radius 3 is 2.85 bits per heavy atom. The van der Waals surface area contributed by atoms with Crippen molar-refractivity contribution in [2.75, 3.05) is 11.9 Å². The Morgan fingerprint density at radius 2 is 2.10 bits per heavy atom. The molecule has 3 aromatic rings. The second-order valence-electron chi connectivity index (χ2n) is 4.16. The van der Waals surface area contributed by atoms with Crippen LogP contribution in [0, 0.1) is 0 Å². The van der Waals surface area contributed by atoms with E-state index in [1.54, 1.807) is 12.4 Å². The van der Waals surface area contributed by atoms with Crippen LogP contribution in [0.4, 0.5) is 5.82 Å². The van der Waals surface area contributed by atoms with E-state index in [1.807, 2.05) is 31.2 Å². The van der Waals surface area contributed by atoms with E-state index in [0.29, 0.717) is 11.0 Å². The van der Waals surface area contributed by atoms with Crippen LogP contribution < -0.4 is 5.32 Å². The first-order chi connectivity index (χ1) is 9.85. The number of hydrogen-bond donors (Lipinski definition) is 1. The molecule has 102 valence electrons. The van der Waals surface area contributed by atoms with Gasteiger partial charge in [0.05, 0.1) is 18.1 Å². The third-order valence-corrected chi connectivity index (χ3v) is 3.54. The summed E-state index contributed by atoms with van der Waals surface area (Å²) in [6.07, 6.45) is 3.51. The smallest absolute Gasteiger partial charge is 0.257 e. The normalized spacial score (nSPS) is 10.8. The van der Waals surface area contributed by atoms with Crippen LogP contribution in [-0.2, 0) is 5.75 Å². The maximum absolute atomic E-state index is 5.64. The molecule has 0 aliphatic carbocycles. The molecule has 0 bridgehead atoms. The maximum Gasteiger partial charge on any atom is 0.257 e. The minimum atomic E-state index is 0.656. The quantitative estimate of drug-likeness (QED) is 0.726. The van der Waals surface area contributed by atoms with Crippen LogP contribution in [0.2, 0.25) is 0 Å². The number of fused-ring (bicyclic) bond motifs is 1. The van der Waals surface area contributed by atoms with Crippen LogP contribution in [0.1, 0.15) is 12.6 Å². The predicted molar refractivity (Wildman–Crippen MR) is 79.8 cm³/mol. The van der Waals surface area contributed by atoms with Gasteiger partial charge in [0.1, 0.15) is 11.3 Å². The second kappa shape index (κ2) is 5.92. The van der Waals surface area contributed by atoms with Gasteiger partial charge in [0.2, 0.25) is 0 Å². The predicted octanol–water partition coefficient (Wildman–Crippen LogP) is 3.34. The summed E-state index contributed by atoms with van der Waals surface area (Å²) in [4.78, 5) is 13.0. The summed E-state index contributed by atoms with van der Waals surface area (Å²) in [5.41, 5.74) is 2.59. The Balaban J connectivity index is 1.66. The van der Waals surface area contributed by atoms with Gasteiger partial charge in [-0.15, -0.1) is 0 Å². The van der Waals surface area contributed by atoms with Crippen LogP contribution in [-0.4, -0.2) is 21.5 Å². The molecule has 3 rings (SSSR count). The summed E-state index contributed by atoms with van der Waals surface area (Å²) >= 11 is 1.52. The van der Waals surface area contributed by atoms with Crippen LogP contribution in [0.5, 0.6) is 0 Å². The molecule has 0 aliphatic rings. The summed E-state index contributed by atoms with van der Waals surface area (Å²) in [5.74, 6) is 1.48. The zero-order valence-corrected chi connectivity index (χ0v) is 11.9. The van der Waals surface area contributed by atoms with E-state index in [4.69, 9.17) is 4.42 Å². The lowest BCUT2D eigenvalue weighted by Gasteiger charge is -2.02. The SMILES string of the molecule is CCNc1cnc(CSc2nc3ccccc3o2)cn1. The molecule has 0 aliphatic heterocycles. The summed E-state index contributed by atoms with van der Waals surface area (Å²) in [6.45, 7) is 2.87. The van der Waals surface area contributed by atoms with Crippen LogP contribution in [0.15, 0.2) is 46.3 Å². The summed E-state index contributed by atoms with van der Waals surface area (Å²) in [7, 11) is 0. The lowest BCUT2D eigenvalue weighted by atomic mass is 10.3. The fraction of sp³-hybridized carbons (Fsp3) is 0.214. The molecular weight excluding hydrogens is 272 g/mol. The molecule has 0 fully saturated rings. The van der Waals surface area contributed by atoms with E-state index in [1.165, 1.54) is 11.8 Å². The van der Waals surface area contributed by atoms with Gasteiger partial charge in [0, 0.05) is 12.3 Å². The molecule has 20 heavy (non-hydrogen) atoms. The van der Waals surface area contributed by atoms with Crippen molar-refractivity contribution in [1.29, 1.82) is 0 Å². The van der Waals surface area contributed by atoms with Crippen LogP contribution in [0.25, 0.3) is 11.1 Å². The van der Waals surface area contributed by atoms with Gasteiger partial charge < -0.3 is 9.73 Å². The molecule has 0 unspecified atom stereocenters. The molecule has 6 heteroatoms. The Bertz CT molecular complexity index is 663. The lowest BCUT2D eigenvalue weighted by Crippen LogP contribution is -2.00. The van der Waals surface area contributed by atoms with Gasteiger partial charge >= 0.3 is 0 Å². The van der Waals surface area contributed by atoms with Gasteiger partial charge in [-0.1, -0.05) is 23.9 Å². The van der Waals surface area contributed by atoms with Crippen LogP contribution in [0.3, 0.4) is 0 Å². The maximum atomic E-state index is 5.64. The molecule has 5 nitrogen and oxygen atoms in total. The number of nitrogens with one attached hydrogen (secondary N) is 1. The average molecular weight is 286 g/mol. The van der Waals surface area contributed by atoms with E-state index < -0.39 is 0 Å². The second-order valence-corrected chi connectivity index (χ2v) is 5.09. The van der Waals surface area contributed by atoms with E-state index >= 15 is 0 Å². The minimum Gasteiger partial charge on any atom is -0.431 e. The van der Waals surface area contributed by atoms with Crippen LogP contribution >= 0.6 is 11.8 Å². The standard InChI is InChI=1S/C14H14N4OS/c1-2-15-13-8-16-10(7-17-13)9-20-14-18-11-5-3-4-6-12(11)19-14/h3-8H,2,9H2,1H3,(H,15,17). The highest BCUT2D eigenvalue weighted by atomic mass is 32.2. The summed E-state index contributed by atoms with van der Waals surface area (Å²) in [5, 5.41) is 3.77. The summed E-state index contributed by atoms with van der Waals surface area (Å²) in [6, 6.07) is 7.74. The third-order valence-electron chi connectivity index (χ3n) is 2.68. The molecular formula is C14H14N4OS. The fourth-order valence-corrected chi connectivity index (χ4v) is 2.48. The Kier molecular flexibility index (Phi) is 3.83. The van der Waals surface area contributed by atoms with Crippen molar-refractivity contribution < 1.29 is 4.42 Å². The average Bonchev–Trinajstić information content (AvgIpc) is 2.90. The number of thioether (sulfide) groups is 1. The van der Waals surface area contributed by atoms with Gasteiger partial charge in [-0.2, -0.15) is 0 Å². The number of hydrogen-bond acceptors (Lipinski definition) is 6.